The highest BCUT2D eigenvalue weighted by Crippen LogP contribution is 2.18. The van der Waals surface area contributed by atoms with Crippen LogP contribution in [0, 0.1) is 0 Å². The van der Waals surface area contributed by atoms with Gasteiger partial charge in [-0.15, -0.1) is 0 Å². The molecule has 0 bridgehead atoms. The fourth-order valence-corrected chi connectivity index (χ4v) is 1.66. The van der Waals surface area contributed by atoms with Gasteiger partial charge in [0.1, 0.15) is 5.75 Å². The number of hydrogen-bond acceptors (Lipinski definition) is 2. The molecule has 0 saturated carbocycles. The quantitative estimate of drug-likeness (QED) is 0.755. The van der Waals surface area contributed by atoms with Crippen LogP contribution in [0.25, 0.3) is 0 Å². The molecule has 1 fully saturated rings. The maximum absolute atomic E-state index is 5.11. The Labute approximate surface area is 84.5 Å². The van der Waals surface area contributed by atoms with Gasteiger partial charge in [0.25, 0.3) is 0 Å². The molecule has 1 radical (unpaired) electrons. The van der Waals surface area contributed by atoms with Crippen molar-refractivity contribution in [1.82, 2.24) is 10.6 Å². The average molecular weight is 191 g/mol. The zero-order valence-electron chi connectivity index (χ0n) is 8.36. The number of rotatable bonds is 2. The Morgan fingerprint density at radius 1 is 1.36 bits per heavy atom. The van der Waals surface area contributed by atoms with E-state index >= 15 is 0 Å². The van der Waals surface area contributed by atoms with Crippen molar-refractivity contribution in [2.24, 2.45) is 0 Å². The SMILES string of the molecule is COc1ccc([C@H]2C[N]CCN2)cc1. The lowest BCUT2D eigenvalue weighted by Gasteiger charge is -2.23. The van der Waals surface area contributed by atoms with E-state index in [-0.39, 0.29) is 0 Å². The first-order valence-electron chi connectivity index (χ1n) is 4.91. The maximum Gasteiger partial charge on any atom is 0.118 e. The molecule has 0 unspecified atom stereocenters. The summed E-state index contributed by atoms with van der Waals surface area (Å²) in [5.41, 5.74) is 1.29. The molecule has 1 aromatic carbocycles. The summed E-state index contributed by atoms with van der Waals surface area (Å²) in [4.78, 5) is 0. The van der Waals surface area contributed by atoms with Crippen LogP contribution in [0.4, 0.5) is 0 Å². The fourth-order valence-electron chi connectivity index (χ4n) is 1.66. The minimum absolute atomic E-state index is 0.384. The molecular formula is C11H15N2O. The first kappa shape index (κ1) is 9.49. The summed E-state index contributed by atoms with van der Waals surface area (Å²) in [5.74, 6) is 0.904. The maximum atomic E-state index is 5.11. The Balaban J connectivity index is 2.07. The smallest absolute Gasteiger partial charge is 0.118 e. The highest BCUT2D eigenvalue weighted by Gasteiger charge is 2.14. The van der Waals surface area contributed by atoms with Gasteiger partial charge in [0.05, 0.1) is 7.11 Å². The summed E-state index contributed by atoms with van der Waals surface area (Å²) >= 11 is 0. The van der Waals surface area contributed by atoms with Gasteiger partial charge >= 0.3 is 0 Å². The molecule has 3 nitrogen and oxygen atoms in total. The summed E-state index contributed by atoms with van der Waals surface area (Å²) in [7, 11) is 1.68. The zero-order chi connectivity index (χ0) is 9.80. The monoisotopic (exact) mass is 191 g/mol. The molecule has 1 aliphatic rings. The van der Waals surface area contributed by atoms with E-state index in [9.17, 15) is 0 Å². The fraction of sp³-hybridized carbons (Fsp3) is 0.455. The molecule has 0 spiro atoms. The highest BCUT2D eigenvalue weighted by atomic mass is 16.5. The average Bonchev–Trinajstić information content (AvgIpc) is 2.30. The second kappa shape index (κ2) is 4.44. The predicted molar refractivity (Wildman–Crippen MR) is 55.6 cm³/mol. The van der Waals surface area contributed by atoms with E-state index in [4.69, 9.17) is 4.74 Å². The van der Waals surface area contributed by atoms with Gasteiger partial charge in [-0.05, 0) is 17.7 Å². The van der Waals surface area contributed by atoms with E-state index in [1.54, 1.807) is 7.11 Å². The third-order valence-corrected chi connectivity index (χ3v) is 2.49. The zero-order valence-corrected chi connectivity index (χ0v) is 8.36. The molecule has 0 aromatic heterocycles. The molecule has 0 aliphatic carbocycles. The minimum Gasteiger partial charge on any atom is -0.497 e. The third-order valence-electron chi connectivity index (χ3n) is 2.49. The molecule has 0 amide bonds. The van der Waals surface area contributed by atoms with Gasteiger partial charge in [0.15, 0.2) is 0 Å². The normalized spacial score (nSPS) is 21.9. The Hall–Kier alpha value is -1.06. The molecule has 3 heteroatoms. The summed E-state index contributed by atoms with van der Waals surface area (Å²) < 4.78 is 5.11. The van der Waals surface area contributed by atoms with Gasteiger partial charge in [-0.1, -0.05) is 12.1 Å². The van der Waals surface area contributed by atoms with Crippen LogP contribution in [0.2, 0.25) is 0 Å². The van der Waals surface area contributed by atoms with E-state index in [1.165, 1.54) is 5.56 Å². The molecule has 1 N–H and O–H groups in total. The van der Waals surface area contributed by atoms with Crippen LogP contribution in [-0.4, -0.2) is 26.7 Å². The first-order valence-corrected chi connectivity index (χ1v) is 4.91. The van der Waals surface area contributed by atoms with Gasteiger partial charge in [-0.2, -0.15) is 0 Å². The Bertz CT molecular complexity index is 278. The summed E-state index contributed by atoms with van der Waals surface area (Å²) in [6.07, 6.45) is 0. The van der Waals surface area contributed by atoms with Crippen molar-refractivity contribution in [1.29, 1.82) is 0 Å². The van der Waals surface area contributed by atoms with Crippen LogP contribution in [0.15, 0.2) is 24.3 Å². The molecule has 1 aromatic rings. The predicted octanol–water partition coefficient (Wildman–Crippen LogP) is 0.944. The lowest BCUT2D eigenvalue weighted by atomic mass is 10.1. The lowest BCUT2D eigenvalue weighted by Crippen LogP contribution is -2.38. The van der Waals surface area contributed by atoms with Crippen LogP contribution in [-0.2, 0) is 0 Å². The molecular weight excluding hydrogens is 176 g/mol. The van der Waals surface area contributed by atoms with Crippen molar-refractivity contribution in [2.75, 3.05) is 26.7 Å². The summed E-state index contributed by atoms with van der Waals surface area (Å²) in [6.45, 7) is 2.80. The number of nitrogens with zero attached hydrogens (tertiary/aromatic N) is 1. The largest absolute Gasteiger partial charge is 0.497 e. The van der Waals surface area contributed by atoms with E-state index in [0.717, 1.165) is 25.4 Å². The Kier molecular flexibility index (Phi) is 3.01. The van der Waals surface area contributed by atoms with E-state index in [0.29, 0.717) is 6.04 Å². The second-order valence-electron chi connectivity index (χ2n) is 3.41. The van der Waals surface area contributed by atoms with Crippen molar-refractivity contribution in [3.63, 3.8) is 0 Å². The number of ether oxygens (including phenoxy) is 1. The first-order chi connectivity index (χ1) is 6.90. The standard InChI is InChI=1S/C11H15N2O/c1-14-10-4-2-9(3-5-10)11-8-12-6-7-13-11/h2-5,11,13H,6-8H2,1H3/t11-/m1/s1. The minimum atomic E-state index is 0.384. The Morgan fingerprint density at radius 2 is 2.14 bits per heavy atom. The van der Waals surface area contributed by atoms with Gasteiger partial charge in [0, 0.05) is 25.7 Å². The van der Waals surface area contributed by atoms with Crippen LogP contribution in [0.3, 0.4) is 0 Å². The van der Waals surface area contributed by atoms with E-state index in [2.05, 4.69) is 22.8 Å². The van der Waals surface area contributed by atoms with Crippen LogP contribution in [0.1, 0.15) is 11.6 Å². The molecule has 75 valence electrons. The third kappa shape index (κ3) is 2.05. The number of hydrogen-bond donors (Lipinski definition) is 1. The van der Waals surface area contributed by atoms with Gasteiger partial charge in [-0.25, -0.2) is 5.32 Å². The summed E-state index contributed by atoms with van der Waals surface area (Å²) in [6, 6.07) is 8.56. The van der Waals surface area contributed by atoms with Crippen LogP contribution >= 0.6 is 0 Å². The second-order valence-corrected chi connectivity index (χ2v) is 3.41. The topological polar surface area (TPSA) is 35.4 Å². The highest BCUT2D eigenvalue weighted by molar-refractivity contribution is 5.29. The summed E-state index contributed by atoms with van der Waals surface area (Å²) in [5, 5.41) is 7.82. The van der Waals surface area contributed by atoms with Crippen LogP contribution < -0.4 is 15.4 Å². The van der Waals surface area contributed by atoms with Crippen LogP contribution in [0.5, 0.6) is 5.75 Å². The van der Waals surface area contributed by atoms with Gasteiger partial charge in [-0.3, -0.25) is 0 Å². The molecule has 14 heavy (non-hydrogen) atoms. The molecule has 1 aliphatic heterocycles. The number of methoxy groups -OCH3 is 1. The van der Waals surface area contributed by atoms with Crippen molar-refractivity contribution in [3.05, 3.63) is 29.8 Å². The molecule has 1 atom stereocenters. The molecule has 1 saturated heterocycles. The molecule has 2 rings (SSSR count). The van der Waals surface area contributed by atoms with E-state index < -0.39 is 0 Å². The molecule has 1 heterocycles. The number of benzene rings is 1. The van der Waals surface area contributed by atoms with Gasteiger partial charge < -0.3 is 10.1 Å². The number of nitrogens with one attached hydrogen (secondary N) is 1. The van der Waals surface area contributed by atoms with Gasteiger partial charge in [0.2, 0.25) is 0 Å². The number of piperazine rings is 1. The Morgan fingerprint density at radius 3 is 2.71 bits per heavy atom. The van der Waals surface area contributed by atoms with Crippen molar-refractivity contribution >= 4 is 0 Å². The lowest BCUT2D eigenvalue weighted by molar-refractivity contribution is 0.411. The van der Waals surface area contributed by atoms with Crippen molar-refractivity contribution < 1.29 is 4.74 Å². The van der Waals surface area contributed by atoms with Crippen molar-refractivity contribution in [2.45, 2.75) is 6.04 Å². The van der Waals surface area contributed by atoms with Crippen molar-refractivity contribution in [3.8, 4) is 5.75 Å². The van der Waals surface area contributed by atoms with E-state index in [1.807, 2.05) is 12.1 Å².